The molecular weight excluding hydrogens is 435 g/mol. The highest BCUT2D eigenvalue weighted by atomic mass is 19.4. The summed E-state index contributed by atoms with van der Waals surface area (Å²) in [7, 11) is 1.27. The Morgan fingerprint density at radius 2 is 1.81 bits per heavy atom. The number of fused-ring (bicyclic) bond motifs is 2. The minimum Gasteiger partial charge on any atom is -0.365 e. The zero-order valence-corrected chi connectivity index (χ0v) is 15.7. The van der Waals surface area contributed by atoms with E-state index in [0.29, 0.717) is 18.9 Å². The topological polar surface area (TPSA) is 56.2 Å². The molecule has 2 atom stereocenters. The van der Waals surface area contributed by atoms with Gasteiger partial charge in [0.2, 0.25) is 0 Å². The number of halogens is 7. The first-order valence-electron chi connectivity index (χ1n) is 9.06. The number of alkyl halides is 6. The van der Waals surface area contributed by atoms with E-state index in [2.05, 4.69) is 10.4 Å². The van der Waals surface area contributed by atoms with Gasteiger partial charge in [0, 0.05) is 12.6 Å². The minimum atomic E-state index is -4.96. The van der Waals surface area contributed by atoms with Crippen molar-refractivity contribution in [3.8, 4) is 0 Å². The summed E-state index contributed by atoms with van der Waals surface area (Å²) in [5, 5.41) is 5.53. The molecular formula is C19H14F7N3O2. The van der Waals surface area contributed by atoms with Crippen molar-refractivity contribution in [3.63, 3.8) is 0 Å². The molecule has 12 heteroatoms. The van der Waals surface area contributed by atoms with Crippen molar-refractivity contribution in [2.24, 2.45) is 7.05 Å². The largest absolute Gasteiger partial charge is 0.435 e. The van der Waals surface area contributed by atoms with Crippen LogP contribution in [0.2, 0.25) is 0 Å². The molecule has 2 bridgehead atoms. The highest BCUT2D eigenvalue weighted by molar-refractivity contribution is 6.11. The second kappa shape index (κ2) is 7.08. The minimum absolute atomic E-state index is 0.00538. The lowest BCUT2D eigenvalue weighted by molar-refractivity contribution is -0.141. The van der Waals surface area contributed by atoms with Crippen LogP contribution in [-0.2, 0) is 28.9 Å². The molecule has 0 saturated carbocycles. The van der Waals surface area contributed by atoms with Gasteiger partial charge >= 0.3 is 12.4 Å². The molecule has 2 aliphatic rings. The van der Waals surface area contributed by atoms with Gasteiger partial charge in [0.05, 0.1) is 34.7 Å². The number of nitrogens with one attached hydrogen (secondary N) is 1. The standard InChI is InChI=1S/C19H14F7N3O2/c1-29-10(7-13(28-29)19(24,25)26)14-11-5-6-12(31-11)15(14)17(30)27-9-4-2-3-8(16(9)20)18(21,22)23/h2-4,7,11-12H,5-6H2,1H3,(H,27,30)/t11-,12-/m0/s1. The second-order valence-corrected chi connectivity index (χ2v) is 7.17. The molecule has 1 fully saturated rings. The van der Waals surface area contributed by atoms with Gasteiger partial charge in [-0.25, -0.2) is 4.39 Å². The number of carbonyl (C=O) groups excluding carboxylic acids is 1. The molecule has 0 unspecified atom stereocenters. The van der Waals surface area contributed by atoms with Crippen LogP contribution in [0.15, 0.2) is 29.8 Å². The summed E-state index contributed by atoms with van der Waals surface area (Å²) in [6, 6.07) is 3.20. The van der Waals surface area contributed by atoms with Crippen LogP contribution < -0.4 is 5.32 Å². The van der Waals surface area contributed by atoms with Crippen molar-refractivity contribution in [2.45, 2.75) is 37.4 Å². The predicted octanol–water partition coefficient (Wildman–Crippen LogP) is 4.55. The molecule has 1 amide bonds. The fraction of sp³-hybridized carbons (Fsp3) is 0.368. The zero-order valence-electron chi connectivity index (χ0n) is 15.7. The third kappa shape index (κ3) is 3.68. The number of aromatic nitrogens is 2. The SMILES string of the molecule is Cn1nc(C(F)(F)F)cc1C1=C(C(=O)Nc2cccc(C(F)(F)F)c2F)[C@@H]2CC[C@@H]1O2. The Labute approximate surface area is 170 Å². The number of rotatable bonds is 3. The number of nitrogens with zero attached hydrogens (tertiary/aromatic N) is 2. The molecule has 2 aromatic rings. The fourth-order valence-corrected chi connectivity index (χ4v) is 3.88. The van der Waals surface area contributed by atoms with Crippen molar-refractivity contribution < 1.29 is 40.3 Å². The van der Waals surface area contributed by atoms with E-state index in [1.807, 2.05) is 0 Å². The fourth-order valence-electron chi connectivity index (χ4n) is 3.88. The average Bonchev–Trinajstić information content (AvgIpc) is 3.35. The Balaban J connectivity index is 1.74. The van der Waals surface area contributed by atoms with Gasteiger partial charge in [0.25, 0.3) is 5.91 Å². The molecule has 1 aromatic heterocycles. The molecule has 3 heterocycles. The Morgan fingerprint density at radius 3 is 2.42 bits per heavy atom. The predicted molar refractivity (Wildman–Crippen MR) is 93.1 cm³/mol. The number of hydrogen-bond acceptors (Lipinski definition) is 3. The van der Waals surface area contributed by atoms with Crippen molar-refractivity contribution in [1.29, 1.82) is 0 Å². The summed E-state index contributed by atoms with van der Waals surface area (Å²) in [5.41, 5.74) is -3.31. The summed E-state index contributed by atoms with van der Waals surface area (Å²) < 4.78 is 98.8. The van der Waals surface area contributed by atoms with Crippen LogP contribution in [0.5, 0.6) is 0 Å². The Hall–Kier alpha value is -2.89. The molecule has 2 aliphatic heterocycles. The van der Waals surface area contributed by atoms with Crippen LogP contribution in [0, 0.1) is 5.82 Å². The van der Waals surface area contributed by atoms with Gasteiger partial charge in [0.15, 0.2) is 11.5 Å². The van der Waals surface area contributed by atoms with Crippen LogP contribution in [0.4, 0.5) is 36.4 Å². The van der Waals surface area contributed by atoms with Gasteiger partial charge in [-0.15, -0.1) is 0 Å². The number of aryl methyl sites for hydroxylation is 1. The van der Waals surface area contributed by atoms with Gasteiger partial charge in [-0.2, -0.15) is 31.4 Å². The third-order valence-corrected chi connectivity index (χ3v) is 5.20. The first-order chi connectivity index (χ1) is 14.4. The van der Waals surface area contributed by atoms with E-state index in [-0.39, 0.29) is 16.8 Å². The molecule has 166 valence electrons. The van der Waals surface area contributed by atoms with Crippen molar-refractivity contribution >= 4 is 17.2 Å². The molecule has 1 aromatic carbocycles. The number of carbonyl (C=O) groups is 1. The molecule has 1 saturated heterocycles. The highest BCUT2D eigenvalue weighted by Gasteiger charge is 2.46. The Kier molecular flexibility index (Phi) is 4.87. The smallest absolute Gasteiger partial charge is 0.365 e. The number of ether oxygens (including phenoxy) is 1. The van der Waals surface area contributed by atoms with Gasteiger partial charge in [-0.05, 0) is 31.0 Å². The molecule has 4 rings (SSSR count). The first kappa shape index (κ1) is 21.3. The Bertz CT molecular complexity index is 1090. The van der Waals surface area contributed by atoms with E-state index in [1.54, 1.807) is 0 Å². The lowest BCUT2D eigenvalue weighted by atomic mass is 9.89. The third-order valence-electron chi connectivity index (χ3n) is 5.20. The van der Waals surface area contributed by atoms with Gasteiger partial charge < -0.3 is 10.1 Å². The van der Waals surface area contributed by atoms with Crippen LogP contribution in [0.3, 0.4) is 0 Å². The number of anilines is 1. The quantitative estimate of drug-likeness (QED) is 0.700. The van der Waals surface area contributed by atoms with Gasteiger partial charge in [-0.3, -0.25) is 9.48 Å². The van der Waals surface area contributed by atoms with Crippen molar-refractivity contribution in [3.05, 3.63) is 52.6 Å². The molecule has 0 aliphatic carbocycles. The average molecular weight is 449 g/mol. The number of benzene rings is 1. The molecule has 0 spiro atoms. The van der Waals surface area contributed by atoms with E-state index < -0.39 is 53.2 Å². The van der Waals surface area contributed by atoms with Gasteiger partial charge in [0.1, 0.15) is 0 Å². The normalized spacial score (nSPS) is 21.2. The maximum absolute atomic E-state index is 14.3. The monoisotopic (exact) mass is 449 g/mol. The van der Waals surface area contributed by atoms with E-state index in [0.717, 1.165) is 22.9 Å². The van der Waals surface area contributed by atoms with E-state index in [4.69, 9.17) is 4.74 Å². The number of hydrogen-bond donors (Lipinski definition) is 1. The van der Waals surface area contributed by atoms with Crippen LogP contribution >= 0.6 is 0 Å². The molecule has 5 nitrogen and oxygen atoms in total. The van der Waals surface area contributed by atoms with Crippen LogP contribution in [0.25, 0.3) is 5.57 Å². The van der Waals surface area contributed by atoms with Crippen molar-refractivity contribution in [2.75, 3.05) is 5.32 Å². The van der Waals surface area contributed by atoms with E-state index >= 15 is 0 Å². The molecule has 0 radical (unpaired) electrons. The van der Waals surface area contributed by atoms with Crippen molar-refractivity contribution in [1.82, 2.24) is 9.78 Å². The lowest BCUT2D eigenvalue weighted by Crippen LogP contribution is -2.24. The summed E-state index contributed by atoms with van der Waals surface area (Å²) in [5.74, 6) is -2.61. The van der Waals surface area contributed by atoms with E-state index in [1.165, 1.54) is 7.05 Å². The Morgan fingerprint density at radius 1 is 1.13 bits per heavy atom. The first-order valence-corrected chi connectivity index (χ1v) is 9.06. The van der Waals surface area contributed by atoms with Gasteiger partial charge in [-0.1, -0.05) is 6.07 Å². The zero-order chi connectivity index (χ0) is 22.7. The summed E-state index contributed by atoms with van der Waals surface area (Å²) in [6.45, 7) is 0. The molecule has 31 heavy (non-hydrogen) atoms. The second-order valence-electron chi connectivity index (χ2n) is 7.17. The highest BCUT2D eigenvalue weighted by Crippen LogP contribution is 2.45. The van der Waals surface area contributed by atoms with Crippen LogP contribution in [-0.4, -0.2) is 27.9 Å². The summed E-state index contributed by atoms with van der Waals surface area (Å²) in [4.78, 5) is 12.9. The maximum Gasteiger partial charge on any atom is 0.435 e. The van der Waals surface area contributed by atoms with E-state index in [9.17, 15) is 35.5 Å². The summed E-state index contributed by atoms with van der Waals surface area (Å²) in [6.07, 6.45) is -10.3. The summed E-state index contributed by atoms with van der Waals surface area (Å²) >= 11 is 0. The molecule has 1 N–H and O–H groups in total. The maximum atomic E-state index is 14.3. The lowest BCUT2D eigenvalue weighted by Gasteiger charge is -2.18. The number of amides is 1. The van der Waals surface area contributed by atoms with Crippen LogP contribution in [0.1, 0.15) is 29.8 Å².